The topological polar surface area (TPSA) is 38.8 Å². The lowest BCUT2D eigenvalue weighted by Crippen LogP contribution is -2.12. The molecular formula is C15H17NO3. The van der Waals surface area contributed by atoms with Gasteiger partial charge >= 0.3 is 0 Å². The van der Waals surface area contributed by atoms with Gasteiger partial charge in [-0.3, -0.25) is 4.79 Å². The van der Waals surface area contributed by atoms with Gasteiger partial charge in [-0.05, 0) is 37.0 Å². The Morgan fingerprint density at radius 1 is 1.16 bits per heavy atom. The standard InChI is InChI=1S/C15H17NO3/c1-18-14-6-5-12(11-15(14)19-2)13(17)7-10-16-8-3-4-9-16/h5-6,11H,3-4,8-9H2,1-2H3. The Labute approximate surface area is 113 Å². The van der Waals surface area contributed by atoms with Gasteiger partial charge < -0.3 is 14.4 Å². The number of ether oxygens (including phenoxy) is 2. The van der Waals surface area contributed by atoms with Crippen molar-refractivity contribution in [3.05, 3.63) is 23.8 Å². The van der Waals surface area contributed by atoms with Crippen molar-refractivity contribution in [1.29, 1.82) is 0 Å². The van der Waals surface area contributed by atoms with Crippen LogP contribution in [-0.2, 0) is 0 Å². The van der Waals surface area contributed by atoms with Gasteiger partial charge in [0, 0.05) is 24.7 Å². The molecule has 0 saturated carbocycles. The first-order valence-corrected chi connectivity index (χ1v) is 6.27. The summed E-state index contributed by atoms with van der Waals surface area (Å²) in [7, 11) is 3.11. The Hall–Kier alpha value is -2.15. The summed E-state index contributed by atoms with van der Waals surface area (Å²) in [4.78, 5) is 14.0. The van der Waals surface area contributed by atoms with Crippen LogP contribution in [0.25, 0.3) is 0 Å². The van der Waals surface area contributed by atoms with Gasteiger partial charge in [0.05, 0.1) is 14.2 Å². The van der Waals surface area contributed by atoms with Gasteiger partial charge in [-0.25, -0.2) is 0 Å². The van der Waals surface area contributed by atoms with Crippen molar-refractivity contribution in [2.24, 2.45) is 0 Å². The number of benzene rings is 1. The van der Waals surface area contributed by atoms with Gasteiger partial charge in [-0.15, -0.1) is 0 Å². The zero-order valence-electron chi connectivity index (χ0n) is 11.2. The number of Topliss-reactive ketones (excluding diaryl/α,β-unsaturated/α-hetero) is 1. The summed E-state index contributed by atoms with van der Waals surface area (Å²) in [5, 5.41) is 0. The van der Waals surface area contributed by atoms with Crippen molar-refractivity contribution in [2.75, 3.05) is 27.3 Å². The third-order valence-corrected chi connectivity index (χ3v) is 3.08. The molecule has 2 rings (SSSR count). The molecule has 0 aromatic heterocycles. The van der Waals surface area contributed by atoms with E-state index < -0.39 is 0 Å². The van der Waals surface area contributed by atoms with Crippen LogP contribution in [-0.4, -0.2) is 38.0 Å². The fraction of sp³-hybridized carbons (Fsp3) is 0.400. The van der Waals surface area contributed by atoms with Crippen LogP contribution in [0.3, 0.4) is 0 Å². The number of methoxy groups -OCH3 is 2. The summed E-state index contributed by atoms with van der Waals surface area (Å²) < 4.78 is 10.3. The first kappa shape index (κ1) is 13.3. The number of carbonyl (C=O) groups excluding carboxylic acids is 1. The Kier molecular flexibility index (Phi) is 4.30. The SMILES string of the molecule is COc1ccc(C(=O)C#CN2CCCC2)cc1OC. The average Bonchev–Trinajstić information content (AvgIpc) is 2.97. The number of ketones is 1. The van der Waals surface area contributed by atoms with Crippen molar-refractivity contribution in [1.82, 2.24) is 4.90 Å². The maximum atomic E-state index is 12.0. The summed E-state index contributed by atoms with van der Waals surface area (Å²) in [5.74, 6) is 3.61. The van der Waals surface area contributed by atoms with E-state index in [9.17, 15) is 4.79 Å². The van der Waals surface area contributed by atoms with Crippen molar-refractivity contribution in [2.45, 2.75) is 12.8 Å². The van der Waals surface area contributed by atoms with E-state index in [1.54, 1.807) is 32.4 Å². The van der Waals surface area contributed by atoms with Crippen molar-refractivity contribution in [3.63, 3.8) is 0 Å². The molecule has 1 heterocycles. The van der Waals surface area contributed by atoms with Crippen LogP contribution in [0, 0.1) is 12.0 Å². The van der Waals surface area contributed by atoms with E-state index in [1.807, 2.05) is 4.90 Å². The Morgan fingerprint density at radius 3 is 2.47 bits per heavy atom. The third kappa shape index (κ3) is 3.19. The number of nitrogens with zero attached hydrogens (tertiary/aromatic N) is 1. The molecule has 1 saturated heterocycles. The van der Waals surface area contributed by atoms with Crippen LogP contribution in [0.2, 0.25) is 0 Å². The second-order valence-electron chi connectivity index (χ2n) is 4.33. The number of carbonyl (C=O) groups is 1. The fourth-order valence-electron chi connectivity index (χ4n) is 2.01. The molecule has 0 bridgehead atoms. The van der Waals surface area contributed by atoms with Crippen molar-refractivity contribution >= 4 is 5.78 Å². The minimum Gasteiger partial charge on any atom is -0.493 e. The van der Waals surface area contributed by atoms with Crippen LogP contribution in [0.5, 0.6) is 11.5 Å². The average molecular weight is 259 g/mol. The molecule has 1 aliphatic heterocycles. The molecule has 0 N–H and O–H groups in total. The molecule has 100 valence electrons. The number of hydrogen-bond donors (Lipinski definition) is 0. The van der Waals surface area contributed by atoms with E-state index in [1.165, 1.54) is 0 Å². The van der Waals surface area contributed by atoms with Crippen LogP contribution in [0.4, 0.5) is 0 Å². The highest BCUT2D eigenvalue weighted by molar-refractivity contribution is 6.09. The molecule has 1 aromatic rings. The lowest BCUT2D eigenvalue weighted by atomic mass is 10.1. The molecule has 0 amide bonds. The van der Waals surface area contributed by atoms with Crippen LogP contribution in [0.1, 0.15) is 23.2 Å². The molecule has 1 fully saturated rings. The monoisotopic (exact) mass is 259 g/mol. The first-order chi connectivity index (χ1) is 9.24. The van der Waals surface area contributed by atoms with E-state index in [4.69, 9.17) is 9.47 Å². The second-order valence-corrected chi connectivity index (χ2v) is 4.33. The van der Waals surface area contributed by atoms with E-state index in [-0.39, 0.29) is 5.78 Å². The third-order valence-electron chi connectivity index (χ3n) is 3.08. The van der Waals surface area contributed by atoms with Crippen molar-refractivity contribution in [3.8, 4) is 23.5 Å². The molecule has 0 radical (unpaired) electrons. The van der Waals surface area contributed by atoms with Gasteiger partial charge in [-0.1, -0.05) is 0 Å². The van der Waals surface area contributed by atoms with Gasteiger partial charge in [0.25, 0.3) is 0 Å². The number of rotatable bonds is 3. The Bertz CT molecular complexity index is 522. The minimum atomic E-state index is -0.201. The molecule has 4 nitrogen and oxygen atoms in total. The van der Waals surface area contributed by atoms with Crippen molar-refractivity contribution < 1.29 is 14.3 Å². The molecule has 0 atom stereocenters. The lowest BCUT2D eigenvalue weighted by molar-refractivity contribution is 0.105. The molecule has 4 heteroatoms. The first-order valence-electron chi connectivity index (χ1n) is 6.27. The highest BCUT2D eigenvalue weighted by atomic mass is 16.5. The lowest BCUT2D eigenvalue weighted by Gasteiger charge is -2.08. The summed E-state index contributed by atoms with van der Waals surface area (Å²) in [5.41, 5.74) is 0.518. The highest BCUT2D eigenvalue weighted by Gasteiger charge is 2.10. The summed E-state index contributed by atoms with van der Waals surface area (Å²) in [6.45, 7) is 1.90. The van der Waals surface area contributed by atoms with Gasteiger partial charge in [-0.2, -0.15) is 0 Å². The highest BCUT2D eigenvalue weighted by Crippen LogP contribution is 2.27. The maximum Gasteiger partial charge on any atom is 0.237 e. The quantitative estimate of drug-likeness (QED) is 0.614. The molecule has 0 spiro atoms. The zero-order valence-corrected chi connectivity index (χ0v) is 11.2. The van der Waals surface area contributed by atoms with E-state index >= 15 is 0 Å². The Balaban J connectivity index is 2.14. The van der Waals surface area contributed by atoms with E-state index in [2.05, 4.69) is 12.0 Å². The largest absolute Gasteiger partial charge is 0.493 e. The van der Waals surface area contributed by atoms with E-state index in [0.29, 0.717) is 17.1 Å². The van der Waals surface area contributed by atoms with Crippen LogP contribution >= 0.6 is 0 Å². The smallest absolute Gasteiger partial charge is 0.237 e. The van der Waals surface area contributed by atoms with Gasteiger partial charge in [0.15, 0.2) is 11.5 Å². The van der Waals surface area contributed by atoms with Crippen LogP contribution < -0.4 is 9.47 Å². The van der Waals surface area contributed by atoms with Crippen LogP contribution in [0.15, 0.2) is 18.2 Å². The fourth-order valence-corrected chi connectivity index (χ4v) is 2.01. The molecular weight excluding hydrogens is 242 g/mol. The summed E-state index contributed by atoms with van der Waals surface area (Å²) in [6.07, 6.45) is 2.30. The zero-order chi connectivity index (χ0) is 13.7. The number of hydrogen-bond acceptors (Lipinski definition) is 4. The summed E-state index contributed by atoms with van der Waals surface area (Å²) in [6, 6.07) is 7.97. The minimum absolute atomic E-state index is 0.201. The maximum absolute atomic E-state index is 12.0. The van der Waals surface area contributed by atoms with Gasteiger partial charge in [0.2, 0.25) is 5.78 Å². The second kappa shape index (κ2) is 6.14. The number of likely N-dealkylation sites (tertiary alicyclic amines) is 1. The normalized spacial score (nSPS) is 13.7. The Morgan fingerprint density at radius 2 is 1.84 bits per heavy atom. The molecule has 0 unspecified atom stereocenters. The van der Waals surface area contributed by atoms with E-state index in [0.717, 1.165) is 25.9 Å². The molecule has 0 aliphatic carbocycles. The van der Waals surface area contributed by atoms with Gasteiger partial charge in [0.1, 0.15) is 0 Å². The molecule has 1 aromatic carbocycles. The molecule has 19 heavy (non-hydrogen) atoms. The molecule has 1 aliphatic rings. The predicted molar refractivity (Wildman–Crippen MR) is 72.5 cm³/mol. The predicted octanol–water partition coefficient (Wildman–Crippen LogP) is 1.94. The summed E-state index contributed by atoms with van der Waals surface area (Å²) >= 11 is 0.